The van der Waals surface area contributed by atoms with Crippen molar-refractivity contribution >= 4 is 17.5 Å². The molecular formula is C29H37N3O6. The second-order valence-electron chi connectivity index (χ2n) is 10.9. The Balaban J connectivity index is 1.37. The van der Waals surface area contributed by atoms with Gasteiger partial charge in [-0.3, -0.25) is 14.5 Å². The van der Waals surface area contributed by atoms with E-state index in [0.717, 1.165) is 35.5 Å². The Bertz CT molecular complexity index is 1180. The number of carbonyl (C=O) groups excluding carboxylic acids is 2. The Morgan fingerprint density at radius 2 is 1.92 bits per heavy atom. The summed E-state index contributed by atoms with van der Waals surface area (Å²) in [5, 5.41) is 12.8. The molecule has 2 N–H and O–H groups in total. The largest absolute Gasteiger partial charge is 0.488 e. The van der Waals surface area contributed by atoms with Crippen molar-refractivity contribution in [1.29, 1.82) is 0 Å². The second-order valence-corrected chi connectivity index (χ2v) is 10.9. The molecule has 3 atom stereocenters. The van der Waals surface area contributed by atoms with Gasteiger partial charge in [0.05, 0.1) is 19.1 Å². The van der Waals surface area contributed by atoms with Crippen molar-refractivity contribution in [3.8, 4) is 17.2 Å². The third-order valence-electron chi connectivity index (χ3n) is 7.51. The van der Waals surface area contributed by atoms with E-state index in [-0.39, 0.29) is 55.6 Å². The van der Waals surface area contributed by atoms with Gasteiger partial charge in [0.25, 0.3) is 0 Å². The Kier molecular flexibility index (Phi) is 7.76. The number of anilines is 1. The van der Waals surface area contributed by atoms with Crippen LogP contribution in [0.1, 0.15) is 37.8 Å². The van der Waals surface area contributed by atoms with Crippen LogP contribution in [0.15, 0.2) is 36.4 Å². The summed E-state index contributed by atoms with van der Waals surface area (Å²) >= 11 is 0. The summed E-state index contributed by atoms with van der Waals surface area (Å²) in [7, 11) is 2.05. The molecule has 3 aliphatic rings. The maximum absolute atomic E-state index is 13.4. The topological polar surface area (TPSA) is 101 Å². The predicted octanol–water partition coefficient (Wildman–Crippen LogP) is 3.04. The molecule has 1 fully saturated rings. The van der Waals surface area contributed by atoms with Gasteiger partial charge in [0.2, 0.25) is 18.6 Å². The Morgan fingerprint density at radius 1 is 1.16 bits per heavy atom. The van der Waals surface area contributed by atoms with Gasteiger partial charge in [0.15, 0.2) is 11.5 Å². The number of rotatable bonds is 8. The average Bonchev–Trinajstić information content (AvgIpc) is 3.64. The first-order valence-electron chi connectivity index (χ1n) is 13.4. The van der Waals surface area contributed by atoms with Crippen molar-refractivity contribution in [2.45, 2.75) is 51.8 Å². The van der Waals surface area contributed by atoms with E-state index in [4.69, 9.17) is 14.2 Å². The fraction of sp³-hybridized carbons (Fsp3) is 0.517. The molecule has 0 aromatic heterocycles. The first kappa shape index (κ1) is 26.3. The summed E-state index contributed by atoms with van der Waals surface area (Å²) in [6.07, 6.45) is 1.77. The lowest BCUT2D eigenvalue weighted by Gasteiger charge is -2.34. The van der Waals surface area contributed by atoms with E-state index in [2.05, 4.69) is 17.1 Å². The van der Waals surface area contributed by atoms with Gasteiger partial charge in [-0.15, -0.1) is 0 Å². The predicted molar refractivity (Wildman–Crippen MR) is 142 cm³/mol. The molecule has 2 heterocycles. The van der Waals surface area contributed by atoms with E-state index in [1.54, 1.807) is 4.90 Å². The lowest BCUT2D eigenvalue weighted by molar-refractivity contribution is -0.134. The number of benzene rings is 2. The monoisotopic (exact) mass is 523 g/mol. The summed E-state index contributed by atoms with van der Waals surface area (Å²) in [6.45, 7) is 5.87. The molecule has 38 heavy (non-hydrogen) atoms. The van der Waals surface area contributed by atoms with Crippen molar-refractivity contribution in [3.63, 3.8) is 0 Å². The number of aliphatic hydroxyl groups is 1. The number of fused-ring (bicyclic) bond motifs is 2. The van der Waals surface area contributed by atoms with Gasteiger partial charge in [-0.1, -0.05) is 13.0 Å². The third kappa shape index (κ3) is 6.05. The molecule has 9 nitrogen and oxygen atoms in total. The van der Waals surface area contributed by atoms with Crippen molar-refractivity contribution in [2.24, 2.45) is 11.8 Å². The minimum absolute atomic E-state index is 0.00681. The van der Waals surface area contributed by atoms with Crippen molar-refractivity contribution in [2.75, 3.05) is 38.9 Å². The van der Waals surface area contributed by atoms with E-state index in [0.29, 0.717) is 31.1 Å². The molecule has 2 aromatic rings. The first-order chi connectivity index (χ1) is 18.3. The number of ether oxygens (including phenoxy) is 3. The van der Waals surface area contributed by atoms with Crippen LogP contribution in [0, 0.1) is 11.8 Å². The molecule has 2 amide bonds. The molecule has 0 bridgehead atoms. The number of amides is 2. The molecular weight excluding hydrogens is 486 g/mol. The minimum Gasteiger partial charge on any atom is -0.488 e. The van der Waals surface area contributed by atoms with E-state index < -0.39 is 0 Å². The highest BCUT2D eigenvalue weighted by atomic mass is 16.7. The Morgan fingerprint density at radius 3 is 2.68 bits per heavy atom. The average molecular weight is 524 g/mol. The first-order valence-corrected chi connectivity index (χ1v) is 13.4. The zero-order valence-electron chi connectivity index (χ0n) is 22.3. The van der Waals surface area contributed by atoms with Crippen LogP contribution in [0.5, 0.6) is 17.2 Å². The third-order valence-corrected chi connectivity index (χ3v) is 7.51. The highest BCUT2D eigenvalue weighted by Gasteiger charge is 2.32. The number of hydrogen-bond acceptors (Lipinski definition) is 7. The van der Waals surface area contributed by atoms with Gasteiger partial charge in [-0.2, -0.15) is 0 Å². The molecule has 1 saturated carbocycles. The van der Waals surface area contributed by atoms with Crippen LogP contribution in [-0.2, 0) is 22.6 Å². The number of hydrogen-bond donors (Lipinski definition) is 2. The summed E-state index contributed by atoms with van der Waals surface area (Å²) in [6, 6.07) is 11.2. The molecule has 0 unspecified atom stereocenters. The van der Waals surface area contributed by atoms with E-state index in [1.165, 1.54) is 0 Å². The second kappa shape index (κ2) is 11.2. The summed E-state index contributed by atoms with van der Waals surface area (Å²) < 4.78 is 17.6. The molecule has 9 heteroatoms. The quantitative estimate of drug-likeness (QED) is 0.549. The molecule has 204 valence electrons. The van der Waals surface area contributed by atoms with Gasteiger partial charge in [-0.25, -0.2) is 0 Å². The lowest BCUT2D eigenvalue weighted by Crippen LogP contribution is -2.47. The highest BCUT2D eigenvalue weighted by Crippen LogP contribution is 2.34. The van der Waals surface area contributed by atoms with E-state index >= 15 is 0 Å². The molecule has 2 aliphatic heterocycles. The normalized spacial score (nSPS) is 21.7. The zero-order valence-corrected chi connectivity index (χ0v) is 22.3. The van der Waals surface area contributed by atoms with Crippen LogP contribution in [0.3, 0.4) is 0 Å². The number of aliphatic hydroxyl groups excluding tert-OH is 1. The van der Waals surface area contributed by atoms with Gasteiger partial charge < -0.3 is 29.5 Å². The zero-order chi connectivity index (χ0) is 26.8. The fourth-order valence-electron chi connectivity index (χ4n) is 5.04. The van der Waals surface area contributed by atoms with Crippen LogP contribution in [-0.4, -0.2) is 72.4 Å². The van der Waals surface area contributed by atoms with Crippen LogP contribution in [0.4, 0.5) is 5.69 Å². The molecule has 2 aromatic carbocycles. The fourth-order valence-corrected chi connectivity index (χ4v) is 5.04. The van der Waals surface area contributed by atoms with Crippen LogP contribution < -0.4 is 19.5 Å². The van der Waals surface area contributed by atoms with Crippen molar-refractivity contribution in [1.82, 2.24) is 9.80 Å². The molecule has 0 radical (unpaired) electrons. The Hall–Kier alpha value is -3.30. The number of carbonyl (C=O) groups is 2. The van der Waals surface area contributed by atoms with Crippen molar-refractivity contribution < 1.29 is 28.9 Å². The molecule has 5 rings (SSSR count). The lowest BCUT2D eigenvalue weighted by atomic mass is 10.0. The van der Waals surface area contributed by atoms with Gasteiger partial charge >= 0.3 is 0 Å². The summed E-state index contributed by atoms with van der Waals surface area (Å²) in [5.41, 5.74) is 2.51. The maximum Gasteiger partial charge on any atom is 0.231 e. The number of nitrogens with one attached hydrogen (secondary N) is 1. The SMILES string of the molecule is C[C@H](CO)N1C[C@H](C)[C@@H](CN(C)Cc2ccc3c(c2)OCO3)Oc2ccc(NC(=O)C3CC3)cc2CC1=O. The minimum atomic E-state index is -0.309. The van der Waals surface area contributed by atoms with Gasteiger partial charge in [0, 0.05) is 42.7 Å². The highest BCUT2D eigenvalue weighted by molar-refractivity contribution is 5.94. The van der Waals surface area contributed by atoms with Crippen LogP contribution in [0.25, 0.3) is 0 Å². The van der Waals surface area contributed by atoms with Crippen LogP contribution >= 0.6 is 0 Å². The molecule has 0 spiro atoms. The smallest absolute Gasteiger partial charge is 0.231 e. The van der Waals surface area contributed by atoms with Crippen LogP contribution in [0.2, 0.25) is 0 Å². The summed E-state index contributed by atoms with van der Waals surface area (Å²) in [5.74, 6) is 2.22. The Labute approximate surface area is 223 Å². The van der Waals surface area contributed by atoms with E-state index in [9.17, 15) is 14.7 Å². The standard InChI is InChI=1S/C29H37N3O6/c1-18-13-32(19(2)16-33)28(34)12-22-11-23(30-29(35)21-5-6-21)7-9-24(22)38-27(18)15-31(3)14-20-4-8-25-26(10-20)37-17-36-25/h4,7-11,18-19,21,27,33H,5-6,12-17H2,1-3H3,(H,30,35)/t18-,19+,27+/m0/s1. The number of nitrogens with zero attached hydrogens (tertiary/aromatic N) is 2. The number of likely N-dealkylation sites (N-methyl/N-ethyl adjacent to an activating group) is 1. The van der Waals surface area contributed by atoms with E-state index in [1.807, 2.05) is 50.4 Å². The molecule has 1 aliphatic carbocycles. The van der Waals surface area contributed by atoms with Crippen molar-refractivity contribution in [3.05, 3.63) is 47.5 Å². The summed E-state index contributed by atoms with van der Waals surface area (Å²) in [4.78, 5) is 29.7. The molecule has 0 saturated heterocycles. The van der Waals surface area contributed by atoms with Gasteiger partial charge in [-0.05, 0) is 62.7 Å². The maximum atomic E-state index is 13.4. The van der Waals surface area contributed by atoms with Gasteiger partial charge in [0.1, 0.15) is 11.9 Å².